The Morgan fingerprint density at radius 1 is 1.64 bits per heavy atom. The SMILES string of the molecule is COc1noc(C)c1C(C)=O. The van der Waals surface area contributed by atoms with E-state index in [9.17, 15) is 4.79 Å². The van der Waals surface area contributed by atoms with Crippen molar-refractivity contribution in [3.8, 4) is 5.88 Å². The Labute approximate surface area is 64.1 Å². The number of carbonyl (C=O) groups is 1. The van der Waals surface area contributed by atoms with Gasteiger partial charge in [0.05, 0.1) is 7.11 Å². The Balaban J connectivity index is 3.17. The van der Waals surface area contributed by atoms with E-state index in [-0.39, 0.29) is 11.7 Å². The molecule has 0 atom stereocenters. The normalized spacial score (nSPS) is 9.73. The Morgan fingerprint density at radius 2 is 2.27 bits per heavy atom. The lowest BCUT2D eigenvalue weighted by atomic mass is 10.2. The second-order valence-corrected chi connectivity index (χ2v) is 2.18. The highest BCUT2D eigenvalue weighted by atomic mass is 16.5. The van der Waals surface area contributed by atoms with Crippen LogP contribution in [0.3, 0.4) is 0 Å². The van der Waals surface area contributed by atoms with Crippen molar-refractivity contribution in [2.24, 2.45) is 0 Å². The molecule has 0 bridgehead atoms. The molecule has 0 aromatic carbocycles. The van der Waals surface area contributed by atoms with Crippen molar-refractivity contribution in [1.29, 1.82) is 0 Å². The molecule has 0 N–H and O–H groups in total. The molecule has 4 nitrogen and oxygen atoms in total. The van der Waals surface area contributed by atoms with Crippen LogP contribution in [0.5, 0.6) is 5.88 Å². The monoisotopic (exact) mass is 155 g/mol. The number of ether oxygens (including phenoxy) is 1. The minimum atomic E-state index is -0.0967. The number of carbonyl (C=O) groups excluding carboxylic acids is 1. The molecule has 1 aromatic rings. The number of aryl methyl sites for hydroxylation is 1. The van der Waals surface area contributed by atoms with Gasteiger partial charge < -0.3 is 9.26 Å². The Hall–Kier alpha value is -1.32. The zero-order valence-corrected chi connectivity index (χ0v) is 6.67. The summed E-state index contributed by atoms with van der Waals surface area (Å²) in [6.45, 7) is 3.12. The second-order valence-electron chi connectivity index (χ2n) is 2.18. The van der Waals surface area contributed by atoms with Gasteiger partial charge >= 0.3 is 0 Å². The lowest BCUT2D eigenvalue weighted by molar-refractivity contribution is 0.101. The van der Waals surface area contributed by atoms with E-state index in [1.807, 2.05) is 0 Å². The molecule has 0 fully saturated rings. The molecule has 0 aliphatic heterocycles. The molecule has 0 radical (unpaired) electrons. The molecule has 0 saturated carbocycles. The summed E-state index contributed by atoms with van der Waals surface area (Å²) in [5.74, 6) is 0.657. The van der Waals surface area contributed by atoms with Gasteiger partial charge in [-0.2, -0.15) is 0 Å². The summed E-state index contributed by atoms with van der Waals surface area (Å²) < 4.78 is 9.55. The molecule has 0 spiro atoms. The molecule has 0 aliphatic rings. The van der Waals surface area contributed by atoms with Gasteiger partial charge in [-0.1, -0.05) is 0 Å². The number of Topliss-reactive ketones (excluding diaryl/α,β-unsaturated/α-hetero) is 1. The number of aromatic nitrogens is 1. The summed E-state index contributed by atoms with van der Waals surface area (Å²) in [6, 6.07) is 0. The third-order valence-electron chi connectivity index (χ3n) is 1.38. The third kappa shape index (κ3) is 1.24. The lowest BCUT2D eigenvalue weighted by Crippen LogP contribution is -1.96. The van der Waals surface area contributed by atoms with Crippen molar-refractivity contribution >= 4 is 5.78 Å². The highest BCUT2D eigenvalue weighted by Crippen LogP contribution is 2.20. The van der Waals surface area contributed by atoms with Crippen LogP contribution in [-0.4, -0.2) is 18.0 Å². The summed E-state index contributed by atoms with van der Waals surface area (Å²) >= 11 is 0. The largest absolute Gasteiger partial charge is 0.478 e. The van der Waals surface area contributed by atoms with Crippen LogP contribution in [0.2, 0.25) is 0 Å². The van der Waals surface area contributed by atoms with Crippen molar-refractivity contribution in [2.75, 3.05) is 7.11 Å². The number of ketones is 1. The van der Waals surface area contributed by atoms with Gasteiger partial charge in [0, 0.05) is 0 Å². The van der Waals surface area contributed by atoms with Crippen LogP contribution in [0, 0.1) is 6.92 Å². The van der Waals surface area contributed by atoms with E-state index < -0.39 is 0 Å². The van der Waals surface area contributed by atoms with E-state index in [2.05, 4.69) is 5.16 Å². The summed E-state index contributed by atoms with van der Waals surface area (Å²) in [7, 11) is 1.45. The second kappa shape index (κ2) is 2.74. The Bertz CT molecular complexity index is 277. The fourth-order valence-electron chi connectivity index (χ4n) is 0.890. The minimum Gasteiger partial charge on any atom is -0.478 e. The molecule has 1 heterocycles. The van der Waals surface area contributed by atoms with Gasteiger partial charge in [-0.15, -0.1) is 0 Å². The van der Waals surface area contributed by atoms with E-state index >= 15 is 0 Å². The maximum absolute atomic E-state index is 10.9. The van der Waals surface area contributed by atoms with E-state index in [1.54, 1.807) is 6.92 Å². The van der Waals surface area contributed by atoms with Crippen LogP contribution >= 0.6 is 0 Å². The summed E-state index contributed by atoms with van der Waals surface area (Å²) in [5.41, 5.74) is 0.424. The molecule has 0 aliphatic carbocycles. The topological polar surface area (TPSA) is 52.3 Å². The Kier molecular flexibility index (Phi) is 1.94. The number of nitrogens with zero attached hydrogens (tertiary/aromatic N) is 1. The molecule has 0 amide bonds. The number of methoxy groups -OCH3 is 1. The molecule has 0 unspecified atom stereocenters. The van der Waals surface area contributed by atoms with Crippen LogP contribution in [-0.2, 0) is 0 Å². The highest BCUT2D eigenvalue weighted by Gasteiger charge is 2.16. The Morgan fingerprint density at radius 3 is 2.64 bits per heavy atom. The van der Waals surface area contributed by atoms with Gasteiger partial charge in [0.1, 0.15) is 11.3 Å². The van der Waals surface area contributed by atoms with Gasteiger partial charge in [0.15, 0.2) is 5.78 Å². The van der Waals surface area contributed by atoms with Crippen LogP contribution in [0.15, 0.2) is 4.52 Å². The predicted molar refractivity (Wildman–Crippen MR) is 37.8 cm³/mol. The molecular formula is C7H9NO3. The first kappa shape index (κ1) is 7.78. The third-order valence-corrected chi connectivity index (χ3v) is 1.38. The molecular weight excluding hydrogens is 146 g/mol. The van der Waals surface area contributed by atoms with Gasteiger partial charge in [0.2, 0.25) is 0 Å². The predicted octanol–water partition coefficient (Wildman–Crippen LogP) is 1.19. The number of hydrogen-bond acceptors (Lipinski definition) is 4. The molecule has 4 heteroatoms. The lowest BCUT2D eigenvalue weighted by Gasteiger charge is -1.93. The first-order valence-corrected chi connectivity index (χ1v) is 3.18. The molecule has 0 saturated heterocycles. The van der Waals surface area contributed by atoms with Crippen molar-refractivity contribution in [3.63, 3.8) is 0 Å². The zero-order valence-electron chi connectivity index (χ0n) is 6.67. The molecule has 1 rings (SSSR count). The highest BCUT2D eigenvalue weighted by molar-refractivity contribution is 5.97. The quantitative estimate of drug-likeness (QED) is 0.602. The van der Waals surface area contributed by atoms with Crippen LogP contribution < -0.4 is 4.74 Å². The first-order valence-electron chi connectivity index (χ1n) is 3.18. The maximum atomic E-state index is 10.9. The fourth-order valence-corrected chi connectivity index (χ4v) is 0.890. The van der Waals surface area contributed by atoms with Gasteiger partial charge in [-0.25, -0.2) is 0 Å². The fraction of sp³-hybridized carbons (Fsp3) is 0.429. The molecule has 11 heavy (non-hydrogen) atoms. The van der Waals surface area contributed by atoms with Gasteiger partial charge in [0.25, 0.3) is 5.88 Å². The minimum absolute atomic E-state index is 0.0967. The van der Waals surface area contributed by atoms with E-state index in [0.717, 1.165) is 0 Å². The van der Waals surface area contributed by atoms with E-state index in [1.165, 1.54) is 14.0 Å². The van der Waals surface area contributed by atoms with E-state index in [0.29, 0.717) is 11.3 Å². The summed E-state index contributed by atoms with van der Waals surface area (Å²) in [4.78, 5) is 10.9. The smallest absolute Gasteiger partial charge is 0.265 e. The van der Waals surface area contributed by atoms with Crippen LogP contribution in [0.4, 0.5) is 0 Å². The maximum Gasteiger partial charge on any atom is 0.265 e. The van der Waals surface area contributed by atoms with Crippen LogP contribution in [0.25, 0.3) is 0 Å². The van der Waals surface area contributed by atoms with Crippen molar-refractivity contribution in [3.05, 3.63) is 11.3 Å². The van der Waals surface area contributed by atoms with Crippen molar-refractivity contribution < 1.29 is 14.1 Å². The molecule has 60 valence electrons. The van der Waals surface area contributed by atoms with Crippen LogP contribution in [0.1, 0.15) is 23.0 Å². The van der Waals surface area contributed by atoms with Crippen molar-refractivity contribution in [1.82, 2.24) is 5.16 Å². The first-order chi connectivity index (χ1) is 5.16. The number of hydrogen-bond donors (Lipinski definition) is 0. The summed E-state index contributed by atoms with van der Waals surface area (Å²) in [5, 5.41) is 3.54. The van der Waals surface area contributed by atoms with Gasteiger partial charge in [-0.05, 0) is 19.0 Å². The average molecular weight is 155 g/mol. The van der Waals surface area contributed by atoms with E-state index in [4.69, 9.17) is 9.26 Å². The summed E-state index contributed by atoms with van der Waals surface area (Å²) in [6.07, 6.45) is 0. The average Bonchev–Trinajstić information content (AvgIpc) is 2.30. The zero-order chi connectivity index (χ0) is 8.43. The van der Waals surface area contributed by atoms with Crippen molar-refractivity contribution in [2.45, 2.75) is 13.8 Å². The standard InChI is InChI=1S/C7H9NO3/c1-4(9)6-5(2)11-8-7(6)10-3/h1-3H3. The van der Waals surface area contributed by atoms with Gasteiger partial charge in [-0.3, -0.25) is 4.79 Å². The molecule has 1 aromatic heterocycles. The number of rotatable bonds is 2.